The number of aromatic nitrogens is 2. The van der Waals surface area contributed by atoms with E-state index < -0.39 is 0 Å². The van der Waals surface area contributed by atoms with Crippen LogP contribution in [0.15, 0.2) is 6.20 Å². The largest absolute Gasteiger partial charge is 0.322 e. The van der Waals surface area contributed by atoms with E-state index in [-0.39, 0.29) is 5.91 Å². The van der Waals surface area contributed by atoms with E-state index in [1.54, 1.807) is 4.68 Å². The quantitative estimate of drug-likeness (QED) is 0.769. The minimum absolute atomic E-state index is 0.00301. The fourth-order valence-electron chi connectivity index (χ4n) is 1.63. The average molecular weight is 222 g/mol. The molecule has 1 amide bonds. The van der Waals surface area contributed by atoms with Crippen molar-refractivity contribution < 1.29 is 4.79 Å². The Bertz CT molecular complexity index is 381. The summed E-state index contributed by atoms with van der Waals surface area (Å²) in [4.78, 5) is 11.6. The van der Waals surface area contributed by atoms with E-state index in [1.165, 1.54) is 12.8 Å². The number of carbonyl (C=O) groups excluding carboxylic acids is 1. The maximum absolute atomic E-state index is 11.6. The first-order valence-corrected chi connectivity index (χ1v) is 5.66. The summed E-state index contributed by atoms with van der Waals surface area (Å²) in [7, 11) is 1.84. The highest BCUT2D eigenvalue weighted by molar-refractivity contribution is 5.92. The molecule has 2 N–H and O–H groups in total. The van der Waals surface area contributed by atoms with Gasteiger partial charge in [-0.25, -0.2) is 0 Å². The van der Waals surface area contributed by atoms with Gasteiger partial charge in [0.25, 0.3) is 0 Å². The van der Waals surface area contributed by atoms with E-state index in [9.17, 15) is 4.79 Å². The monoisotopic (exact) mass is 222 g/mol. The van der Waals surface area contributed by atoms with Crippen LogP contribution in [0.25, 0.3) is 0 Å². The molecule has 1 aromatic heterocycles. The van der Waals surface area contributed by atoms with Crippen LogP contribution in [0.5, 0.6) is 0 Å². The van der Waals surface area contributed by atoms with Crippen molar-refractivity contribution in [2.75, 3.05) is 18.4 Å². The first kappa shape index (κ1) is 11.1. The van der Waals surface area contributed by atoms with Crippen molar-refractivity contribution in [1.29, 1.82) is 0 Å². The van der Waals surface area contributed by atoms with Crippen molar-refractivity contribution in [3.8, 4) is 0 Å². The summed E-state index contributed by atoms with van der Waals surface area (Å²) in [5.41, 5.74) is 1.64. The fourth-order valence-corrected chi connectivity index (χ4v) is 1.63. The third-order valence-corrected chi connectivity index (χ3v) is 2.70. The Morgan fingerprint density at radius 1 is 1.62 bits per heavy atom. The highest BCUT2D eigenvalue weighted by Crippen LogP contribution is 2.27. The van der Waals surface area contributed by atoms with Crippen LogP contribution in [-0.2, 0) is 11.8 Å². The van der Waals surface area contributed by atoms with Crippen LogP contribution in [0.2, 0.25) is 0 Å². The number of hydrogen-bond donors (Lipinski definition) is 2. The smallest absolute Gasteiger partial charge is 0.238 e. The van der Waals surface area contributed by atoms with Crippen LogP contribution < -0.4 is 10.6 Å². The van der Waals surface area contributed by atoms with E-state index >= 15 is 0 Å². The molecule has 5 nitrogen and oxygen atoms in total. The fraction of sp³-hybridized carbons (Fsp3) is 0.636. The van der Waals surface area contributed by atoms with Gasteiger partial charge in [0.2, 0.25) is 5.91 Å². The topological polar surface area (TPSA) is 59.0 Å². The molecule has 1 aliphatic rings. The standard InChI is InChI=1S/C11H18N4O/c1-8-10(7-15(2)14-8)13-11(16)6-12-5-9-3-4-9/h7,9,12H,3-6H2,1-2H3,(H,13,16). The van der Waals surface area contributed by atoms with Crippen molar-refractivity contribution in [3.05, 3.63) is 11.9 Å². The second kappa shape index (κ2) is 4.65. The SMILES string of the molecule is Cc1nn(C)cc1NC(=O)CNCC1CC1. The van der Waals surface area contributed by atoms with Gasteiger partial charge >= 0.3 is 0 Å². The number of nitrogens with one attached hydrogen (secondary N) is 2. The highest BCUT2D eigenvalue weighted by Gasteiger charge is 2.20. The molecule has 88 valence electrons. The molecule has 0 spiro atoms. The van der Waals surface area contributed by atoms with E-state index in [0.717, 1.165) is 23.8 Å². The molecule has 0 bridgehead atoms. The Hall–Kier alpha value is -1.36. The molecule has 0 aliphatic heterocycles. The lowest BCUT2D eigenvalue weighted by molar-refractivity contribution is -0.115. The van der Waals surface area contributed by atoms with Crippen molar-refractivity contribution in [1.82, 2.24) is 15.1 Å². The summed E-state index contributed by atoms with van der Waals surface area (Å²) in [5.74, 6) is 0.796. The van der Waals surface area contributed by atoms with E-state index in [2.05, 4.69) is 15.7 Å². The molecular formula is C11H18N4O. The number of nitrogens with zero attached hydrogens (tertiary/aromatic N) is 2. The summed E-state index contributed by atoms with van der Waals surface area (Å²) in [5, 5.41) is 10.2. The zero-order valence-corrected chi connectivity index (χ0v) is 9.79. The molecular weight excluding hydrogens is 204 g/mol. The van der Waals surface area contributed by atoms with E-state index in [0.29, 0.717) is 6.54 Å². The maximum Gasteiger partial charge on any atom is 0.238 e. The van der Waals surface area contributed by atoms with E-state index in [1.807, 2.05) is 20.2 Å². The highest BCUT2D eigenvalue weighted by atomic mass is 16.1. The normalized spacial score (nSPS) is 15.1. The lowest BCUT2D eigenvalue weighted by Gasteiger charge is -2.04. The van der Waals surface area contributed by atoms with Crippen LogP contribution in [-0.4, -0.2) is 28.8 Å². The second-order valence-electron chi connectivity index (χ2n) is 4.42. The molecule has 0 atom stereocenters. The Morgan fingerprint density at radius 2 is 2.38 bits per heavy atom. The number of rotatable bonds is 5. The van der Waals surface area contributed by atoms with Gasteiger partial charge in [0, 0.05) is 13.2 Å². The van der Waals surface area contributed by atoms with Crippen LogP contribution in [0.1, 0.15) is 18.5 Å². The summed E-state index contributed by atoms with van der Waals surface area (Å²) in [6.07, 6.45) is 4.42. The van der Waals surface area contributed by atoms with Gasteiger partial charge in [-0.05, 0) is 32.2 Å². The number of anilines is 1. The molecule has 0 radical (unpaired) electrons. The first-order valence-electron chi connectivity index (χ1n) is 5.66. The molecule has 5 heteroatoms. The minimum atomic E-state index is -0.00301. The Kier molecular flexibility index (Phi) is 3.24. The molecule has 16 heavy (non-hydrogen) atoms. The molecule has 1 heterocycles. The molecule has 1 aliphatic carbocycles. The molecule has 2 rings (SSSR count). The summed E-state index contributed by atoms with van der Waals surface area (Å²) >= 11 is 0. The van der Waals surface area contributed by atoms with Gasteiger partial charge in [-0.2, -0.15) is 5.10 Å². The van der Waals surface area contributed by atoms with Gasteiger partial charge in [0.05, 0.1) is 17.9 Å². The average Bonchev–Trinajstić information content (AvgIpc) is 2.95. The van der Waals surface area contributed by atoms with Gasteiger partial charge in [-0.3, -0.25) is 9.48 Å². The minimum Gasteiger partial charge on any atom is -0.322 e. The van der Waals surface area contributed by atoms with Gasteiger partial charge in [-0.1, -0.05) is 0 Å². The lowest BCUT2D eigenvalue weighted by Crippen LogP contribution is -2.29. The predicted molar refractivity (Wildman–Crippen MR) is 62.2 cm³/mol. The molecule has 1 aromatic rings. The van der Waals surface area contributed by atoms with Gasteiger partial charge in [0.15, 0.2) is 0 Å². The van der Waals surface area contributed by atoms with Gasteiger partial charge in [-0.15, -0.1) is 0 Å². The lowest BCUT2D eigenvalue weighted by atomic mass is 10.4. The Morgan fingerprint density at radius 3 is 2.94 bits per heavy atom. The molecule has 0 saturated heterocycles. The third kappa shape index (κ3) is 3.06. The number of amides is 1. The van der Waals surface area contributed by atoms with Gasteiger partial charge < -0.3 is 10.6 Å². The molecule has 0 unspecified atom stereocenters. The zero-order chi connectivity index (χ0) is 11.5. The van der Waals surface area contributed by atoms with Crippen molar-refractivity contribution in [2.24, 2.45) is 13.0 Å². The number of hydrogen-bond acceptors (Lipinski definition) is 3. The summed E-state index contributed by atoms with van der Waals surface area (Å²) in [6.45, 7) is 3.22. The first-order chi connectivity index (χ1) is 7.65. The summed E-state index contributed by atoms with van der Waals surface area (Å²) in [6, 6.07) is 0. The van der Waals surface area contributed by atoms with Crippen LogP contribution in [0.3, 0.4) is 0 Å². The second-order valence-corrected chi connectivity index (χ2v) is 4.42. The van der Waals surface area contributed by atoms with Crippen molar-refractivity contribution in [2.45, 2.75) is 19.8 Å². The third-order valence-electron chi connectivity index (χ3n) is 2.70. The Balaban J connectivity index is 1.75. The molecule has 0 aromatic carbocycles. The molecule has 1 fully saturated rings. The maximum atomic E-state index is 11.6. The molecule has 1 saturated carbocycles. The Labute approximate surface area is 95.2 Å². The summed E-state index contributed by atoms with van der Waals surface area (Å²) < 4.78 is 1.70. The number of aryl methyl sites for hydroxylation is 2. The van der Waals surface area contributed by atoms with Gasteiger partial charge in [0.1, 0.15) is 0 Å². The van der Waals surface area contributed by atoms with E-state index in [4.69, 9.17) is 0 Å². The zero-order valence-electron chi connectivity index (χ0n) is 9.79. The van der Waals surface area contributed by atoms with Crippen molar-refractivity contribution in [3.63, 3.8) is 0 Å². The van der Waals surface area contributed by atoms with Crippen LogP contribution in [0.4, 0.5) is 5.69 Å². The predicted octanol–water partition coefficient (Wildman–Crippen LogP) is 0.667. The van der Waals surface area contributed by atoms with Crippen molar-refractivity contribution >= 4 is 11.6 Å². The van der Waals surface area contributed by atoms with Crippen LogP contribution in [0, 0.1) is 12.8 Å². The number of carbonyl (C=O) groups is 1. The van der Waals surface area contributed by atoms with Crippen LogP contribution >= 0.6 is 0 Å².